The zero-order chi connectivity index (χ0) is 16.1. The van der Waals surface area contributed by atoms with Crippen molar-refractivity contribution >= 4 is 40.3 Å². The van der Waals surface area contributed by atoms with Crippen molar-refractivity contribution in [3.8, 4) is 11.5 Å². The van der Waals surface area contributed by atoms with E-state index in [2.05, 4.69) is 6.92 Å². The van der Waals surface area contributed by atoms with E-state index < -0.39 is 0 Å². The molecule has 1 aromatic carbocycles. The van der Waals surface area contributed by atoms with Crippen LogP contribution in [0.3, 0.4) is 0 Å². The van der Waals surface area contributed by atoms with Gasteiger partial charge < -0.3 is 9.47 Å². The fraction of sp³-hybridized carbons (Fsp3) is 0.333. The molecule has 22 heavy (non-hydrogen) atoms. The maximum atomic E-state index is 11.9. The molecule has 118 valence electrons. The molecule has 1 aliphatic heterocycles. The number of ether oxygens (including phenoxy) is 2. The van der Waals surface area contributed by atoms with Crippen LogP contribution in [0.15, 0.2) is 23.1 Å². The molecule has 0 aliphatic carbocycles. The van der Waals surface area contributed by atoms with Crippen molar-refractivity contribution in [1.29, 1.82) is 0 Å². The molecule has 0 saturated carbocycles. The number of unbranched alkanes of at least 4 members (excludes halogenated alkanes) is 1. The van der Waals surface area contributed by atoms with Gasteiger partial charge in [0.05, 0.1) is 18.6 Å². The molecule has 2 N–H and O–H groups in total. The van der Waals surface area contributed by atoms with E-state index >= 15 is 0 Å². The van der Waals surface area contributed by atoms with Crippen LogP contribution >= 0.6 is 24.0 Å². The molecule has 0 atom stereocenters. The van der Waals surface area contributed by atoms with Crippen molar-refractivity contribution < 1.29 is 14.3 Å². The Morgan fingerprint density at radius 2 is 2.18 bits per heavy atom. The third kappa shape index (κ3) is 3.79. The molecule has 0 bridgehead atoms. The SMILES string of the molecule is CCCCOc1ccc(/C=C2\SC(=S)N(N)C2=O)cc1OC. The fourth-order valence-electron chi connectivity index (χ4n) is 1.85. The molecule has 1 aliphatic rings. The first kappa shape index (κ1) is 16.8. The van der Waals surface area contributed by atoms with E-state index in [0.717, 1.165) is 23.4 Å². The zero-order valence-corrected chi connectivity index (χ0v) is 14.1. The first-order valence-corrected chi connectivity index (χ1v) is 8.12. The molecule has 5 nitrogen and oxygen atoms in total. The van der Waals surface area contributed by atoms with Crippen LogP contribution in [0.25, 0.3) is 6.08 Å². The first-order chi connectivity index (χ1) is 10.6. The van der Waals surface area contributed by atoms with Gasteiger partial charge in [-0.1, -0.05) is 43.4 Å². The van der Waals surface area contributed by atoms with E-state index in [0.29, 0.717) is 27.3 Å². The lowest BCUT2D eigenvalue weighted by Gasteiger charge is -2.11. The Balaban J connectivity index is 2.19. The van der Waals surface area contributed by atoms with Gasteiger partial charge in [-0.2, -0.15) is 0 Å². The van der Waals surface area contributed by atoms with Gasteiger partial charge in [0.15, 0.2) is 15.8 Å². The number of nitrogens with zero attached hydrogens (tertiary/aromatic N) is 1. The number of carbonyl (C=O) groups excluding carboxylic acids is 1. The van der Waals surface area contributed by atoms with Crippen molar-refractivity contribution in [1.82, 2.24) is 5.01 Å². The van der Waals surface area contributed by atoms with Gasteiger partial charge in [-0.3, -0.25) is 4.79 Å². The van der Waals surface area contributed by atoms with Crippen molar-refractivity contribution in [2.75, 3.05) is 13.7 Å². The van der Waals surface area contributed by atoms with Crippen LogP contribution in [0.4, 0.5) is 0 Å². The molecule has 1 amide bonds. The Labute approximate surface area is 139 Å². The quantitative estimate of drug-likeness (QED) is 0.283. The average molecular weight is 338 g/mol. The number of benzene rings is 1. The number of hydrazine groups is 1. The van der Waals surface area contributed by atoms with Gasteiger partial charge in [-0.15, -0.1) is 0 Å². The minimum Gasteiger partial charge on any atom is -0.493 e. The van der Waals surface area contributed by atoms with Crippen molar-refractivity contribution in [2.45, 2.75) is 19.8 Å². The van der Waals surface area contributed by atoms with Gasteiger partial charge in [0, 0.05) is 0 Å². The summed E-state index contributed by atoms with van der Waals surface area (Å²) < 4.78 is 11.4. The molecule has 0 unspecified atom stereocenters. The highest BCUT2D eigenvalue weighted by Crippen LogP contribution is 2.33. The Hall–Kier alpha value is -1.57. The molecule has 1 aromatic rings. The molecular weight excluding hydrogens is 320 g/mol. The second-order valence-corrected chi connectivity index (χ2v) is 6.34. The first-order valence-electron chi connectivity index (χ1n) is 6.90. The highest BCUT2D eigenvalue weighted by molar-refractivity contribution is 8.26. The molecular formula is C15H18N2O3S2. The smallest absolute Gasteiger partial charge is 0.280 e. The Morgan fingerprint density at radius 3 is 2.77 bits per heavy atom. The van der Waals surface area contributed by atoms with Gasteiger partial charge in [-0.05, 0) is 30.2 Å². The summed E-state index contributed by atoms with van der Waals surface area (Å²) >= 11 is 6.18. The molecule has 1 heterocycles. The maximum Gasteiger partial charge on any atom is 0.280 e. The Kier molecular flexibility index (Phi) is 5.82. The normalized spacial score (nSPS) is 16.5. The predicted octanol–water partition coefficient (Wildman–Crippen LogP) is 2.95. The monoisotopic (exact) mass is 338 g/mol. The lowest BCUT2D eigenvalue weighted by molar-refractivity contribution is -0.122. The van der Waals surface area contributed by atoms with Gasteiger partial charge >= 0.3 is 0 Å². The lowest BCUT2D eigenvalue weighted by atomic mass is 10.2. The van der Waals surface area contributed by atoms with E-state index in [1.54, 1.807) is 13.2 Å². The van der Waals surface area contributed by atoms with Crippen molar-refractivity contribution in [3.63, 3.8) is 0 Å². The van der Waals surface area contributed by atoms with E-state index in [9.17, 15) is 4.79 Å². The van der Waals surface area contributed by atoms with Gasteiger partial charge in [0.2, 0.25) is 0 Å². The summed E-state index contributed by atoms with van der Waals surface area (Å²) in [4.78, 5) is 12.4. The topological polar surface area (TPSA) is 64.8 Å². The number of methoxy groups -OCH3 is 1. The summed E-state index contributed by atoms with van der Waals surface area (Å²) in [6, 6.07) is 5.53. The number of nitrogens with two attached hydrogens (primary N) is 1. The van der Waals surface area contributed by atoms with Crippen LogP contribution in [0.2, 0.25) is 0 Å². The van der Waals surface area contributed by atoms with E-state index in [-0.39, 0.29) is 5.91 Å². The minimum atomic E-state index is -0.294. The standard InChI is InChI=1S/C15H18N2O3S2/c1-3-4-7-20-11-6-5-10(8-12(11)19-2)9-13-14(18)17(16)15(21)22-13/h5-6,8-9H,3-4,7,16H2,1-2H3/b13-9-. The highest BCUT2D eigenvalue weighted by Gasteiger charge is 2.29. The summed E-state index contributed by atoms with van der Waals surface area (Å²) in [7, 11) is 1.59. The van der Waals surface area contributed by atoms with Crippen LogP contribution in [0, 0.1) is 0 Å². The van der Waals surface area contributed by atoms with E-state index in [1.165, 1.54) is 11.8 Å². The summed E-state index contributed by atoms with van der Waals surface area (Å²) in [6.45, 7) is 2.76. The van der Waals surface area contributed by atoms with Crippen molar-refractivity contribution in [2.24, 2.45) is 5.84 Å². The van der Waals surface area contributed by atoms with Crippen LogP contribution in [-0.2, 0) is 4.79 Å². The number of amides is 1. The minimum absolute atomic E-state index is 0.294. The van der Waals surface area contributed by atoms with Crippen LogP contribution in [0.5, 0.6) is 11.5 Å². The molecule has 0 aromatic heterocycles. The molecule has 2 rings (SSSR count). The lowest BCUT2D eigenvalue weighted by Crippen LogP contribution is -2.34. The second-order valence-electron chi connectivity index (χ2n) is 4.66. The largest absolute Gasteiger partial charge is 0.493 e. The molecule has 0 spiro atoms. The zero-order valence-electron chi connectivity index (χ0n) is 12.5. The Morgan fingerprint density at radius 1 is 1.41 bits per heavy atom. The molecule has 0 radical (unpaired) electrons. The van der Waals surface area contributed by atoms with E-state index in [1.807, 2.05) is 18.2 Å². The van der Waals surface area contributed by atoms with Gasteiger partial charge in [0.1, 0.15) is 0 Å². The number of thioether (sulfide) groups is 1. The second kappa shape index (κ2) is 7.62. The number of thiocarbonyl (C=S) groups is 1. The average Bonchev–Trinajstić information content (AvgIpc) is 2.76. The summed E-state index contributed by atoms with van der Waals surface area (Å²) in [5.74, 6) is 6.58. The summed E-state index contributed by atoms with van der Waals surface area (Å²) in [5, 5.41) is 0.977. The van der Waals surface area contributed by atoms with Crippen LogP contribution in [-0.4, -0.2) is 29.0 Å². The number of hydrogen-bond acceptors (Lipinski definition) is 6. The summed E-state index contributed by atoms with van der Waals surface area (Å²) in [5.41, 5.74) is 0.827. The molecule has 1 fully saturated rings. The highest BCUT2D eigenvalue weighted by atomic mass is 32.2. The molecule has 7 heteroatoms. The molecule has 1 saturated heterocycles. The fourth-order valence-corrected chi connectivity index (χ4v) is 2.95. The third-order valence-corrected chi connectivity index (χ3v) is 4.39. The van der Waals surface area contributed by atoms with Crippen LogP contribution in [0.1, 0.15) is 25.3 Å². The van der Waals surface area contributed by atoms with Gasteiger partial charge in [-0.25, -0.2) is 10.9 Å². The third-order valence-electron chi connectivity index (χ3n) is 3.06. The number of hydrogen-bond donors (Lipinski definition) is 1. The Bertz CT molecular complexity index is 617. The maximum absolute atomic E-state index is 11.9. The van der Waals surface area contributed by atoms with Crippen molar-refractivity contribution in [3.05, 3.63) is 28.7 Å². The number of carbonyl (C=O) groups is 1. The predicted molar refractivity (Wildman–Crippen MR) is 92.6 cm³/mol. The van der Waals surface area contributed by atoms with Gasteiger partial charge in [0.25, 0.3) is 5.91 Å². The summed E-state index contributed by atoms with van der Waals surface area (Å²) in [6.07, 6.45) is 3.80. The van der Waals surface area contributed by atoms with E-state index in [4.69, 9.17) is 27.5 Å². The number of rotatable bonds is 6. The van der Waals surface area contributed by atoms with Crippen LogP contribution < -0.4 is 15.3 Å².